The summed E-state index contributed by atoms with van der Waals surface area (Å²) in [4.78, 5) is 28.2. The summed E-state index contributed by atoms with van der Waals surface area (Å²) < 4.78 is 0. The van der Waals surface area contributed by atoms with Crippen LogP contribution in [-0.2, 0) is 9.59 Å². The Kier molecular flexibility index (Phi) is 5.03. The van der Waals surface area contributed by atoms with E-state index in [1.807, 2.05) is 43.3 Å². The second kappa shape index (κ2) is 6.97. The van der Waals surface area contributed by atoms with Gasteiger partial charge in [0.15, 0.2) is 0 Å². The molecule has 0 atom stereocenters. The molecule has 0 aromatic heterocycles. The number of rotatable bonds is 5. The second-order valence-corrected chi connectivity index (χ2v) is 5.32. The van der Waals surface area contributed by atoms with E-state index in [1.165, 1.54) is 0 Å². The molecule has 1 aromatic carbocycles. The number of amides is 2. The highest BCUT2D eigenvalue weighted by Crippen LogP contribution is 2.15. The third-order valence-corrected chi connectivity index (χ3v) is 3.64. The summed E-state index contributed by atoms with van der Waals surface area (Å²) in [6, 6.07) is 7.95. The van der Waals surface area contributed by atoms with E-state index in [2.05, 4.69) is 5.32 Å². The van der Waals surface area contributed by atoms with E-state index in [0.717, 1.165) is 17.8 Å². The van der Waals surface area contributed by atoms with Gasteiger partial charge in [-0.15, -0.1) is 0 Å². The molecule has 0 saturated carbocycles. The van der Waals surface area contributed by atoms with Gasteiger partial charge in [0.2, 0.25) is 12.3 Å². The molecule has 0 aliphatic carbocycles. The van der Waals surface area contributed by atoms with Gasteiger partial charge in [0.25, 0.3) is 0 Å². The summed E-state index contributed by atoms with van der Waals surface area (Å²) in [7, 11) is 3.98. The zero-order valence-electron chi connectivity index (χ0n) is 12.6. The Morgan fingerprint density at radius 3 is 2.33 bits per heavy atom. The molecule has 6 heteroatoms. The van der Waals surface area contributed by atoms with Gasteiger partial charge in [-0.05, 0) is 24.3 Å². The van der Waals surface area contributed by atoms with Gasteiger partial charge in [-0.3, -0.25) is 9.59 Å². The molecule has 1 fully saturated rings. The molecule has 1 aliphatic heterocycles. The fourth-order valence-corrected chi connectivity index (χ4v) is 2.24. The number of piperazine rings is 1. The average molecular weight is 290 g/mol. The molecule has 0 bridgehead atoms. The molecule has 2 rings (SSSR count). The molecule has 21 heavy (non-hydrogen) atoms. The van der Waals surface area contributed by atoms with Gasteiger partial charge in [0.1, 0.15) is 0 Å². The lowest BCUT2D eigenvalue weighted by atomic mass is 10.2. The van der Waals surface area contributed by atoms with Crippen LogP contribution < -0.4 is 10.2 Å². The Balaban J connectivity index is 1.80. The zero-order valence-corrected chi connectivity index (χ0v) is 12.6. The first-order chi connectivity index (χ1) is 10.1. The number of anilines is 2. The molecule has 1 saturated heterocycles. The van der Waals surface area contributed by atoms with Gasteiger partial charge < -0.3 is 20.0 Å². The molecule has 1 N–H and O–H groups in total. The summed E-state index contributed by atoms with van der Waals surface area (Å²) in [5, 5.41) is 3.14. The number of nitrogens with zero attached hydrogens (tertiary/aromatic N) is 3. The van der Waals surface area contributed by atoms with E-state index in [-0.39, 0.29) is 12.5 Å². The number of nitrogens with one attached hydrogen (secondary N) is 1. The van der Waals surface area contributed by atoms with Crippen LogP contribution in [0.2, 0.25) is 0 Å². The molecule has 114 valence electrons. The first kappa shape index (κ1) is 15.2. The molecular weight excluding hydrogens is 268 g/mol. The summed E-state index contributed by atoms with van der Waals surface area (Å²) in [6.45, 7) is 2.74. The third-order valence-electron chi connectivity index (χ3n) is 3.64. The minimum atomic E-state index is 0.0669. The molecule has 2 amide bonds. The van der Waals surface area contributed by atoms with Crippen molar-refractivity contribution in [3.8, 4) is 0 Å². The van der Waals surface area contributed by atoms with Crippen LogP contribution in [-0.4, -0.2) is 68.9 Å². The van der Waals surface area contributed by atoms with Gasteiger partial charge in [0, 0.05) is 51.6 Å². The van der Waals surface area contributed by atoms with E-state index >= 15 is 0 Å². The molecule has 1 heterocycles. The molecule has 1 aromatic rings. The Morgan fingerprint density at radius 2 is 1.81 bits per heavy atom. The molecule has 1 aliphatic rings. The molecular formula is C15H22N4O2. The summed E-state index contributed by atoms with van der Waals surface area (Å²) in [5.41, 5.74) is 2.05. The van der Waals surface area contributed by atoms with E-state index in [0.29, 0.717) is 26.2 Å². The SMILES string of the molecule is CN(C)c1ccc(NCC(=O)N2CCN(C=O)CC2)cc1. The highest BCUT2D eigenvalue weighted by molar-refractivity contribution is 5.81. The van der Waals surface area contributed by atoms with Crippen LogP contribution in [0.25, 0.3) is 0 Å². The predicted octanol–water partition coefficient (Wildman–Crippen LogP) is 0.465. The number of carbonyl (C=O) groups excluding carboxylic acids is 2. The van der Waals surface area contributed by atoms with Gasteiger partial charge in [0.05, 0.1) is 6.54 Å². The minimum absolute atomic E-state index is 0.0669. The first-order valence-electron chi connectivity index (χ1n) is 7.08. The number of hydrogen-bond acceptors (Lipinski definition) is 4. The lowest BCUT2D eigenvalue weighted by molar-refractivity contribution is -0.133. The van der Waals surface area contributed by atoms with Crippen LogP contribution in [0.15, 0.2) is 24.3 Å². The Bertz CT molecular complexity index is 479. The molecule has 6 nitrogen and oxygen atoms in total. The highest BCUT2D eigenvalue weighted by atomic mass is 16.2. The van der Waals surface area contributed by atoms with Gasteiger partial charge >= 0.3 is 0 Å². The second-order valence-electron chi connectivity index (χ2n) is 5.32. The maximum atomic E-state index is 12.1. The van der Waals surface area contributed by atoms with Gasteiger partial charge in [-0.25, -0.2) is 0 Å². The highest BCUT2D eigenvalue weighted by Gasteiger charge is 2.19. The Hall–Kier alpha value is -2.24. The van der Waals surface area contributed by atoms with Crippen molar-refractivity contribution in [3.63, 3.8) is 0 Å². The van der Waals surface area contributed by atoms with Crippen molar-refractivity contribution in [1.82, 2.24) is 9.80 Å². The van der Waals surface area contributed by atoms with Crippen LogP contribution in [0.3, 0.4) is 0 Å². The largest absolute Gasteiger partial charge is 0.378 e. The van der Waals surface area contributed by atoms with Crippen molar-refractivity contribution in [2.45, 2.75) is 0 Å². The summed E-state index contributed by atoms with van der Waals surface area (Å²) in [6.07, 6.45) is 0.840. The molecule has 0 spiro atoms. The summed E-state index contributed by atoms with van der Waals surface area (Å²) >= 11 is 0. The minimum Gasteiger partial charge on any atom is -0.378 e. The predicted molar refractivity (Wildman–Crippen MR) is 83.5 cm³/mol. The number of carbonyl (C=O) groups is 2. The van der Waals surface area contributed by atoms with Crippen LogP contribution in [0.4, 0.5) is 11.4 Å². The van der Waals surface area contributed by atoms with Crippen molar-refractivity contribution < 1.29 is 9.59 Å². The quantitative estimate of drug-likeness (QED) is 0.801. The topological polar surface area (TPSA) is 55.9 Å². The monoisotopic (exact) mass is 290 g/mol. The maximum Gasteiger partial charge on any atom is 0.241 e. The normalized spacial score (nSPS) is 14.8. The van der Waals surface area contributed by atoms with Crippen LogP contribution in [0, 0.1) is 0 Å². The standard InChI is InChI=1S/C15H22N4O2/c1-17(2)14-5-3-13(4-6-14)16-11-15(21)19-9-7-18(12-20)8-10-19/h3-6,12,16H,7-11H2,1-2H3. The van der Waals surface area contributed by atoms with E-state index < -0.39 is 0 Å². The Morgan fingerprint density at radius 1 is 1.19 bits per heavy atom. The molecule has 0 unspecified atom stereocenters. The van der Waals surface area contributed by atoms with Crippen molar-refractivity contribution in [2.75, 3.05) is 57.0 Å². The van der Waals surface area contributed by atoms with Crippen LogP contribution in [0.5, 0.6) is 0 Å². The third kappa shape index (κ3) is 4.11. The number of hydrogen-bond donors (Lipinski definition) is 1. The number of benzene rings is 1. The van der Waals surface area contributed by atoms with Crippen molar-refractivity contribution in [3.05, 3.63) is 24.3 Å². The van der Waals surface area contributed by atoms with Crippen molar-refractivity contribution in [2.24, 2.45) is 0 Å². The zero-order chi connectivity index (χ0) is 15.2. The van der Waals surface area contributed by atoms with E-state index in [1.54, 1.807) is 9.80 Å². The maximum absolute atomic E-state index is 12.1. The van der Waals surface area contributed by atoms with Gasteiger partial charge in [-0.1, -0.05) is 0 Å². The van der Waals surface area contributed by atoms with Crippen LogP contribution >= 0.6 is 0 Å². The average Bonchev–Trinajstić information content (AvgIpc) is 2.53. The summed E-state index contributed by atoms with van der Waals surface area (Å²) in [5.74, 6) is 0.0669. The van der Waals surface area contributed by atoms with Crippen LogP contribution in [0.1, 0.15) is 0 Å². The lowest BCUT2D eigenvalue weighted by Gasteiger charge is -2.32. The smallest absolute Gasteiger partial charge is 0.241 e. The van der Waals surface area contributed by atoms with Crippen molar-refractivity contribution >= 4 is 23.7 Å². The first-order valence-corrected chi connectivity index (χ1v) is 7.08. The Labute approximate surface area is 125 Å². The van der Waals surface area contributed by atoms with Gasteiger partial charge in [-0.2, -0.15) is 0 Å². The van der Waals surface area contributed by atoms with Crippen molar-refractivity contribution in [1.29, 1.82) is 0 Å². The fraction of sp³-hybridized carbons (Fsp3) is 0.467. The molecule has 0 radical (unpaired) electrons. The van der Waals surface area contributed by atoms with E-state index in [9.17, 15) is 9.59 Å². The lowest BCUT2D eigenvalue weighted by Crippen LogP contribution is -2.49. The fourth-order valence-electron chi connectivity index (χ4n) is 2.24. The van der Waals surface area contributed by atoms with E-state index in [4.69, 9.17) is 0 Å².